The van der Waals surface area contributed by atoms with Gasteiger partial charge < -0.3 is 14.6 Å². The van der Waals surface area contributed by atoms with E-state index in [0.717, 1.165) is 16.9 Å². The third-order valence-electron chi connectivity index (χ3n) is 2.91. The molecule has 0 radical (unpaired) electrons. The molecule has 4 nitrogen and oxygen atoms in total. The van der Waals surface area contributed by atoms with Crippen LogP contribution in [0.5, 0.6) is 11.5 Å². The first-order valence-electron chi connectivity index (χ1n) is 5.70. The summed E-state index contributed by atoms with van der Waals surface area (Å²) >= 11 is 0. The zero-order valence-corrected chi connectivity index (χ0v) is 10.0. The van der Waals surface area contributed by atoms with Crippen LogP contribution in [0.3, 0.4) is 0 Å². The molecule has 0 bridgehead atoms. The van der Waals surface area contributed by atoms with Gasteiger partial charge in [-0.25, -0.2) is 0 Å². The van der Waals surface area contributed by atoms with Crippen molar-refractivity contribution in [1.82, 2.24) is 0 Å². The molecule has 1 unspecified atom stereocenters. The third kappa shape index (κ3) is 2.35. The molecule has 4 heteroatoms. The number of aliphatic carboxylic acids is 1. The molecule has 0 fully saturated rings. The van der Waals surface area contributed by atoms with Crippen molar-refractivity contribution in [3.8, 4) is 11.5 Å². The molecular weight excluding hydrogens is 220 g/mol. The zero-order chi connectivity index (χ0) is 12.4. The van der Waals surface area contributed by atoms with E-state index in [1.54, 1.807) is 6.92 Å². The Balaban J connectivity index is 2.32. The summed E-state index contributed by atoms with van der Waals surface area (Å²) in [6.45, 7) is 4.72. The molecule has 0 aliphatic carbocycles. The molecule has 0 saturated heterocycles. The molecule has 92 valence electrons. The normalized spacial score (nSPS) is 15.4. The van der Waals surface area contributed by atoms with Gasteiger partial charge in [0.1, 0.15) is 13.2 Å². The lowest BCUT2D eigenvalue weighted by atomic mass is 9.98. The molecule has 0 saturated carbocycles. The van der Waals surface area contributed by atoms with Gasteiger partial charge in [0, 0.05) is 0 Å². The van der Waals surface area contributed by atoms with Crippen molar-refractivity contribution in [3.05, 3.63) is 23.3 Å². The lowest BCUT2D eigenvalue weighted by Gasteiger charge is -2.23. The number of ether oxygens (including phenoxy) is 2. The monoisotopic (exact) mass is 236 g/mol. The van der Waals surface area contributed by atoms with Gasteiger partial charge in [-0.05, 0) is 24.5 Å². The van der Waals surface area contributed by atoms with Crippen LogP contribution < -0.4 is 9.47 Å². The second kappa shape index (κ2) is 4.65. The number of aryl methyl sites for hydroxylation is 1. The molecule has 1 heterocycles. The van der Waals surface area contributed by atoms with E-state index in [2.05, 4.69) is 0 Å². The highest BCUT2D eigenvalue weighted by Crippen LogP contribution is 2.37. The largest absolute Gasteiger partial charge is 0.486 e. The number of benzene rings is 1. The molecule has 1 aromatic carbocycles. The first kappa shape index (κ1) is 11.8. The maximum atomic E-state index is 10.9. The second-order valence-electron chi connectivity index (χ2n) is 4.34. The van der Waals surface area contributed by atoms with Crippen LogP contribution in [-0.2, 0) is 11.2 Å². The molecule has 0 amide bonds. The van der Waals surface area contributed by atoms with E-state index in [1.165, 1.54) is 0 Å². The van der Waals surface area contributed by atoms with Crippen LogP contribution in [0.1, 0.15) is 18.1 Å². The predicted molar refractivity (Wildman–Crippen MR) is 62.7 cm³/mol. The predicted octanol–water partition coefficient (Wildman–Crippen LogP) is 2.03. The number of carboxylic acid groups (broad SMARTS) is 1. The Morgan fingerprint density at radius 3 is 2.65 bits per heavy atom. The Labute approximate surface area is 100 Å². The van der Waals surface area contributed by atoms with Gasteiger partial charge in [0.05, 0.1) is 5.92 Å². The Bertz CT molecular complexity index is 439. The van der Waals surface area contributed by atoms with Crippen molar-refractivity contribution < 1.29 is 19.4 Å². The molecule has 0 aromatic heterocycles. The smallest absolute Gasteiger partial charge is 0.306 e. The van der Waals surface area contributed by atoms with Crippen molar-refractivity contribution in [2.24, 2.45) is 5.92 Å². The molecule has 1 atom stereocenters. The fourth-order valence-electron chi connectivity index (χ4n) is 1.90. The SMILES string of the molecule is Cc1ccc(CC(C)C(=O)O)c2c1OCCO2. The maximum absolute atomic E-state index is 10.9. The number of hydrogen-bond donors (Lipinski definition) is 1. The van der Waals surface area contributed by atoms with Crippen LogP contribution in [0.2, 0.25) is 0 Å². The lowest BCUT2D eigenvalue weighted by Crippen LogP contribution is -2.19. The Hall–Kier alpha value is -1.71. The van der Waals surface area contributed by atoms with Crippen LogP contribution in [-0.4, -0.2) is 24.3 Å². The van der Waals surface area contributed by atoms with Crippen molar-refractivity contribution >= 4 is 5.97 Å². The van der Waals surface area contributed by atoms with Crippen LogP contribution in [0, 0.1) is 12.8 Å². The van der Waals surface area contributed by atoms with E-state index in [9.17, 15) is 4.79 Å². The van der Waals surface area contributed by atoms with Gasteiger partial charge >= 0.3 is 5.97 Å². The number of carboxylic acids is 1. The summed E-state index contributed by atoms with van der Waals surface area (Å²) in [5, 5.41) is 8.93. The minimum Gasteiger partial charge on any atom is -0.486 e. The molecule has 1 aliphatic heterocycles. The number of hydrogen-bond acceptors (Lipinski definition) is 3. The van der Waals surface area contributed by atoms with E-state index in [0.29, 0.717) is 25.4 Å². The highest BCUT2D eigenvalue weighted by Gasteiger charge is 2.21. The molecule has 1 N–H and O–H groups in total. The van der Waals surface area contributed by atoms with Crippen LogP contribution >= 0.6 is 0 Å². The number of fused-ring (bicyclic) bond motifs is 1. The highest BCUT2D eigenvalue weighted by molar-refractivity contribution is 5.70. The summed E-state index contributed by atoms with van der Waals surface area (Å²) in [5.41, 5.74) is 1.92. The quantitative estimate of drug-likeness (QED) is 0.872. The van der Waals surface area contributed by atoms with Crippen LogP contribution in [0.4, 0.5) is 0 Å². The Morgan fingerprint density at radius 2 is 2.00 bits per heavy atom. The summed E-state index contributed by atoms with van der Waals surface area (Å²) < 4.78 is 11.2. The molecule has 0 spiro atoms. The average molecular weight is 236 g/mol. The first-order chi connectivity index (χ1) is 8.09. The summed E-state index contributed by atoms with van der Waals surface area (Å²) in [5.74, 6) is 0.249. The Kier molecular flexibility index (Phi) is 3.22. The summed E-state index contributed by atoms with van der Waals surface area (Å²) in [4.78, 5) is 10.9. The van der Waals surface area contributed by atoms with Crippen LogP contribution in [0.15, 0.2) is 12.1 Å². The van der Waals surface area contributed by atoms with E-state index in [1.807, 2.05) is 19.1 Å². The highest BCUT2D eigenvalue weighted by atomic mass is 16.6. The standard InChI is InChI=1S/C13H16O4/c1-8-3-4-10(7-9(2)13(14)15)12-11(8)16-5-6-17-12/h3-4,9H,5-7H2,1-2H3,(H,14,15). The number of carbonyl (C=O) groups is 1. The van der Waals surface area contributed by atoms with Gasteiger partial charge in [0.15, 0.2) is 11.5 Å². The van der Waals surface area contributed by atoms with Gasteiger partial charge in [-0.3, -0.25) is 4.79 Å². The van der Waals surface area contributed by atoms with Gasteiger partial charge in [-0.1, -0.05) is 19.1 Å². The van der Waals surface area contributed by atoms with Gasteiger partial charge in [-0.15, -0.1) is 0 Å². The van der Waals surface area contributed by atoms with E-state index in [-0.39, 0.29) is 0 Å². The van der Waals surface area contributed by atoms with Crippen molar-refractivity contribution in [1.29, 1.82) is 0 Å². The second-order valence-corrected chi connectivity index (χ2v) is 4.34. The average Bonchev–Trinajstić information content (AvgIpc) is 2.33. The molecule has 17 heavy (non-hydrogen) atoms. The van der Waals surface area contributed by atoms with Crippen molar-refractivity contribution in [2.75, 3.05) is 13.2 Å². The molecule has 1 aromatic rings. The third-order valence-corrected chi connectivity index (χ3v) is 2.91. The fraction of sp³-hybridized carbons (Fsp3) is 0.462. The molecular formula is C13H16O4. The maximum Gasteiger partial charge on any atom is 0.306 e. The molecule has 1 aliphatic rings. The number of rotatable bonds is 3. The zero-order valence-electron chi connectivity index (χ0n) is 10.0. The fourth-order valence-corrected chi connectivity index (χ4v) is 1.90. The van der Waals surface area contributed by atoms with Crippen molar-refractivity contribution in [3.63, 3.8) is 0 Å². The van der Waals surface area contributed by atoms with E-state index < -0.39 is 11.9 Å². The van der Waals surface area contributed by atoms with Gasteiger partial charge in [0.2, 0.25) is 0 Å². The minimum atomic E-state index is -0.795. The van der Waals surface area contributed by atoms with Crippen LogP contribution in [0.25, 0.3) is 0 Å². The van der Waals surface area contributed by atoms with Gasteiger partial charge in [-0.2, -0.15) is 0 Å². The topological polar surface area (TPSA) is 55.8 Å². The summed E-state index contributed by atoms with van der Waals surface area (Å²) in [6.07, 6.45) is 0.460. The molecule has 2 rings (SSSR count). The summed E-state index contributed by atoms with van der Waals surface area (Å²) in [7, 11) is 0. The summed E-state index contributed by atoms with van der Waals surface area (Å²) in [6, 6.07) is 3.86. The van der Waals surface area contributed by atoms with Gasteiger partial charge in [0.25, 0.3) is 0 Å². The Morgan fingerprint density at radius 1 is 1.35 bits per heavy atom. The lowest BCUT2D eigenvalue weighted by molar-refractivity contribution is -0.141. The van der Waals surface area contributed by atoms with Crippen molar-refractivity contribution in [2.45, 2.75) is 20.3 Å². The first-order valence-corrected chi connectivity index (χ1v) is 5.70. The van der Waals surface area contributed by atoms with E-state index >= 15 is 0 Å². The minimum absolute atomic E-state index is 0.424. The van der Waals surface area contributed by atoms with E-state index in [4.69, 9.17) is 14.6 Å².